The van der Waals surface area contributed by atoms with E-state index in [1.54, 1.807) is 12.1 Å². The highest BCUT2D eigenvalue weighted by atomic mass is 19.1. The Morgan fingerprint density at radius 1 is 1.32 bits per heavy atom. The standard InChI is InChI=1S/C15H23FN2O/c16-14-6-3-5-13(11-14)15(19)12-17-7-4-10-18-8-1-2-9-18/h3,5-6,11,15,17,19H,1-2,4,7-10,12H2. The number of aliphatic hydroxyl groups is 1. The molecule has 0 radical (unpaired) electrons. The second-order valence-corrected chi connectivity index (χ2v) is 5.18. The Balaban J connectivity index is 1.59. The molecule has 0 aliphatic carbocycles. The van der Waals surface area contributed by atoms with E-state index in [4.69, 9.17) is 0 Å². The fraction of sp³-hybridized carbons (Fsp3) is 0.600. The Hall–Kier alpha value is -0.970. The van der Waals surface area contributed by atoms with E-state index < -0.39 is 6.10 Å². The van der Waals surface area contributed by atoms with Crippen LogP contribution in [0.2, 0.25) is 0 Å². The van der Waals surface area contributed by atoms with Crippen molar-refractivity contribution in [1.82, 2.24) is 10.2 Å². The number of hydrogen-bond acceptors (Lipinski definition) is 3. The van der Waals surface area contributed by atoms with Crippen LogP contribution in [0.3, 0.4) is 0 Å². The van der Waals surface area contributed by atoms with Gasteiger partial charge in [0, 0.05) is 6.54 Å². The van der Waals surface area contributed by atoms with Crippen molar-refractivity contribution in [3.05, 3.63) is 35.6 Å². The van der Waals surface area contributed by atoms with Gasteiger partial charge in [-0.15, -0.1) is 0 Å². The van der Waals surface area contributed by atoms with Gasteiger partial charge in [0.05, 0.1) is 6.10 Å². The molecule has 1 aliphatic rings. The van der Waals surface area contributed by atoms with Gasteiger partial charge in [-0.05, 0) is 63.1 Å². The molecule has 4 heteroatoms. The first kappa shape index (κ1) is 14.4. The van der Waals surface area contributed by atoms with Crippen LogP contribution in [0.1, 0.15) is 30.9 Å². The summed E-state index contributed by atoms with van der Waals surface area (Å²) in [5.74, 6) is -0.300. The van der Waals surface area contributed by atoms with Gasteiger partial charge in [0.1, 0.15) is 5.82 Å². The summed E-state index contributed by atoms with van der Waals surface area (Å²) in [7, 11) is 0. The molecule has 2 rings (SSSR count). The lowest BCUT2D eigenvalue weighted by Crippen LogP contribution is -2.27. The smallest absolute Gasteiger partial charge is 0.123 e. The normalized spacial score (nSPS) is 17.8. The maximum absolute atomic E-state index is 13.0. The number of nitrogens with one attached hydrogen (secondary N) is 1. The summed E-state index contributed by atoms with van der Waals surface area (Å²) in [6.07, 6.45) is 3.11. The second-order valence-electron chi connectivity index (χ2n) is 5.18. The first-order chi connectivity index (χ1) is 9.25. The zero-order valence-corrected chi connectivity index (χ0v) is 11.3. The Morgan fingerprint density at radius 3 is 2.84 bits per heavy atom. The first-order valence-electron chi connectivity index (χ1n) is 7.12. The predicted octanol–water partition coefficient (Wildman–Crippen LogP) is 1.93. The number of halogens is 1. The minimum absolute atomic E-state index is 0.300. The van der Waals surface area contributed by atoms with Crippen LogP contribution >= 0.6 is 0 Å². The summed E-state index contributed by atoms with van der Waals surface area (Å²) in [4.78, 5) is 2.48. The molecule has 1 aliphatic heterocycles. The highest BCUT2D eigenvalue weighted by Crippen LogP contribution is 2.13. The van der Waals surface area contributed by atoms with Gasteiger partial charge in [-0.25, -0.2) is 4.39 Å². The van der Waals surface area contributed by atoms with Crippen molar-refractivity contribution in [3.63, 3.8) is 0 Å². The largest absolute Gasteiger partial charge is 0.387 e. The molecule has 1 atom stereocenters. The lowest BCUT2D eigenvalue weighted by Gasteiger charge is -2.15. The van der Waals surface area contributed by atoms with Crippen molar-refractivity contribution in [1.29, 1.82) is 0 Å². The first-order valence-corrected chi connectivity index (χ1v) is 7.12. The summed E-state index contributed by atoms with van der Waals surface area (Å²) < 4.78 is 13.0. The molecule has 106 valence electrons. The highest BCUT2D eigenvalue weighted by Gasteiger charge is 2.11. The summed E-state index contributed by atoms with van der Waals surface area (Å²) in [6.45, 7) is 4.95. The molecule has 1 unspecified atom stereocenters. The molecule has 0 spiro atoms. The number of rotatable bonds is 7. The second kappa shape index (κ2) is 7.58. The molecule has 19 heavy (non-hydrogen) atoms. The fourth-order valence-corrected chi connectivity index (χ4v) is 2.50. The topological polar surface area (TPSA) is 35.5 Å². The van der Waals surface area contributed by atoms with Gasteiger partial charge >= 0.3 is 0 Å². The van der Waals surface area contributed by atoms with Crippen molar-refractivity contribution >= 4 is 0 Å². The Bertz CT molecular complexity index is 380. The summed E-state index contributed by atoms with van der Waals surface area (Å²) >= 11 is 0. The summed E-state index contributed by atoms with van der Waals surface area (Å²) in [5.41, 5.74) is 0.632. The summed E-state index contributed by atoms with van der Waals surface area (Å²) in [5, 5.41) is 13.1. The van der Waals surface area contributed by atoms with Crippen molar-refractivity contribution < 1.29 is 9.50 Å². The van der Waals surface area contributed by atoms with Gasteiger partial charge in [0.15, 0.2) is 0 Å². The summed E-state index contributed by atoms with van der Waals surface area (Å²) in [6, 6.07) is 6.15. The van der Waals surface area contributed by atoms with Crippen molar-refractivity contribution in [2.45, 2.75) is 25.4 Å². The van der Waals surface area contributed by atoms with Gasteiger partial charge < -0.3 is 15.3 Å². The Kier molecular flexibility index (Phi) is 5.76. The van der Waals surface area contributed by atoms with Gasteiger partial charge in [-0.1, -0.05) is 12.1 Å². The number of nitrogens with zero attached hydrogens (tertiary/aromatic N) is 1. The lowest BCUT2D eigenvalue weighted by molar-refractivity contribution is 0.173. The number of benzene rings is 1. The van der Waals surface area contributed by atoms with Crippen LogP contribution in [0.5, 0.6) is 0 Å². The number of aliphatic hydroxyl groups excluding tert-OH is 1. The van der Waals surface area contributed by atoms with Crippen LogP contribution in [0.4, 0.5) is 4.39 Å². The van der Waals surface area contributed by atoms with E-state index in [1.807, 2.05) is 0 Å². The molecule has 1 heterocycles. The highest BCUT2D eigenvalue weighted by molar-refractivity contribution is 5.18. The quantitative estimate of drug-likeness (QED) is 0.740. The van der Waals surface area contributed by atoms with Crippen LogP contribution in [0.25, 0.3) is 0 Å². The minimum atomic E-state index is -0.637. The van der Waals surface area contributed by atoms with Crippen LogP contribution < -0.4 is 5.32 Å². The average molecular weight is 266 g/mol. The van der Waals surface area contributed by atoms with E-state index in [1.165, 1.54) is 38.1 Å². The number of likely N-dealkylation sites (tertiary alicyclic amines) is 1. The van der Waals surface area contributed by atoms with Crippen molar-refractivity contribution in [2.75, 3.05) is 32.7 Å². The molecule has 0 amide bonds. The van der Waals surface area contributed by atoms with Gasteiger partial charge in [0.2, 0.25) is 0 Å². The van der Waals surface area contributed by atoms with Crippen molar-refractivity contribution in [2.24, 2.45) is 0 Å². The Morgan fingerprint density at radius 2 is 2.11 bits per heavy atom. The predicted molar refractivity (Wildman–Crippen MR) is 74.5 cm³/mol. The maximum Gasteiger partial charge on any atom is 0.123 e. The van der Waals surface area contributed by atoms with Crippen LogP contribution in [0, 0.1) is 5.82 Å². The molecule has 1 aromatic carbocycles. The minimum Gasteiger partial charge on any atom is -0.387 e. The van der Waals surface area contributed by atoms with E-state index in [9.17, 15) is 9.50 Å². The third-order valence-electron chi connectivity index (χ3n) is 3.60. The average Bonchev–Trinajstić information content (AvgIpc) is 2.91. The molecular formula is C15H23FN2O. The van der Waals surface area contributed by atoms with E-state index in [-0.39, 0.29) is 5.82 Å². The van der Waals surface area contributed by atoms with Crippen LogP contribution in [0.15, 0.2) is 24.3 Å². The molecule has 1 aromatic rings. The van der Waals surface area contributed by atoms with E-state index in [0.29, 0.717) is 12.1 Å². The molecule has 0 aromatic heterocycles. The van der Waals surface area contributed by atoms with Crippen LogP contribution in [-0.4, -0.2) is 42.7 Å². The molecule has 1 saturated heterocycles. The van der Waals surface area contributed by atoms with E-state index in [0.717, 1.165) is 19.5 Å². The monoisotopic (exact) mass is 266 g/mol. The third kappa shape index (κ3) is 4.90. The lowest BCUT2D eigenvalue weighted by atomic mass is 10.1. The zero-order chi connectivity index (χ0) is 13.5. The zero-order valence-electron chi connectivity index (χ0n) is 11.3. The van der Waals surface area contributed by atoms with E-state index >= 15 is 0 Å². The van der Waals surface area contributed by atoms with Crippen molar-refractivity contribution in [3.8, 4) is 0 Å². The Labute approximate surface area is 114 Å². The maximum atomic E-state index is 13.0. The molecule has 2 N–H and O–H groups in total. The number of hydrogen-bond donors (Lipinski definition) is 2. The van der Waals surface area contributed by atoms with E-state index in [2.05, 4.69) is 10.2 Å². The van der Waals surface area contributed by atoms with Gasteiger partial charge in [-0.3, -0.25) is 0 Å². The van der Waals surface area contributed by atoms with Gasteiger partial charge in [-0.2, -0.15) is 0 Å². The molecule has 0 saturated carbocycles. The molecule has 3 nitrogen and oxygen atoms in total. The SMILES string of the molecule is OC(CNCCCN1CCCC1)c1cccc(F)c1. The third-order valence-corrected chi connectivity index (χ3v) is 3.60. The molecule has 1 fully saturated rings. The molecular weight excluding hydrogens is 243 g/mol. The molecule has 0 bridgehead atoms. The van der Waals surface area contributed by atoms with Gasteiger partial charge in [0.25, 0.3) is 0 Å². The van der Waals surface area contributed by atoms with Crippen LogP contribution in [-0.2, 0) is 0 Å². The fourth-order valence-electron chi connectivity index (χ4n) is 2.50.